The highest BCUT2D eigenvalue weighted by Crippen LogP contribution is 2.26. The number of carbonyl (C=O) groups is 1. The lowest BCUT2D eigenvalue weighted by Gasteiger charge is -2.27. The zero-order chi connectivity index (χ0) is 16.9. The van der Waals surface area contributed by atoms with Gasteiger partial charge in [-0.2, -0.15) is 5.10 Å². The van der Waals surface area contributed by atoms with Crippen LogP contribution in [0.1, 0.15) is 15.2 Å². The monoisotopic (exact) mass is 365 g/mol. The van der Waals surface area contributed by atoms with E-state index in [2.05, 4.69) is 21.5 Å². The summed E-state index contributed by atoms with van der Waals surface area (Å²) in [6, 6.07) is 8.74. The summed E-state index contributed by atoms with van der Waals surface area (Å²) in [6.45, 7) is 3.31. The van der Waals surface area contributed by atoms with Gasteiger partial charge in [-0.3, -0.25) is 5.43 Å². The van der Waals surface area contributed by atoms with Crippen molar-refractivity contribution in [3.63, 3.8) is 0 Å². The second kappa shape index (κ2) is 7.65. The van der Waals surface area contributed by atoms with E-state index in [1.54, 1.807) is 23.6 Å². The van der Waals surface area contributed by atoms with Crippen LogP contribution < -0.4 is 10.3 Å². The molecule has 24 heavy (non-hydrogen) atoms. The summed E-state index contributed by atoms with van der Waals surface area (Å²) >= 11 is 7.49. The molecule has 0 unspecified atom stereocenters. The van der Waals surface area contributed by atoms with Crippen LogP contribution in [-0.2, 0) is 4.74 Å². The van der Waals surface area contributed by atoms with Gasteiger partial charge in [0, 0.05) is 18.0 Å². The Labute approximate surface area is 148 Å². The number of rotatable bonds is 5. The van der Waals surface area contributed by atoms with Gasteiger partial charge in [-0.1, -0.05) is 11.6 Å². The van der Waals surface area contributed by atoms with Crippen molar-refractivity contribution in [3.05, 3.63) is 45.8 Å². The zero-order valence-electron chi connectivity index (χ0n) is 12.7. The molecule has 0 saturated carbocycles. The van der Waals surface area contributed by atoms with E-state index in [4.69, 9.17) is 21.4 Å². The lowest BCUT2D eigenvalue weighted by atomic mass is 10.2. The van der Waals surface area contributed by atoms with Crippen LogP contribution in [0.25, 0.3) is 0 Å². The molecule has 2 heterocycles. The Kier molecular flexibility index (Phi) is 5.34. The van der Waals surface area contributed by atoms with E-state index in [0.29, 0.717) is 5.69 Å². The Morgan fingerprint density at radius 1 is 1.33 bits per heavy atom. The lowest BCUT2D eigenvalue weighted by molar-refractivity contribution is 0.0697. The Balaban J connectivity index is 1.63. The number of hydrogen-bond acceptors (Lipinski definition) is 6. The standard InChI is InChI=1S/C16H16ClN3O3S/c17-14-3-1-11(9-13(14)16(21)22)19-18-10-12-2-4-15(24-12)20-5-7-23-8-6-20/h1-4,9-10,19H,5-8H2,(H,21,22). The minimum Gasteiger partial charge on any atom is -0.478 e. The van der Waals surface area contributed by atoms with Crippen LogP contribution in [0, 0.1) is 0 Å². The first-order chi connectivity index (χ1) is 11.6. The maximum absolute atomic E-state index is 11.1. The number of halogens is 1. The summed E-state index contributed by atoms with van der Waals surface area (Å²) in [7, 11) is 0. The van der Waals surface area contributed by atoms with Crippen molar-refractivity contribution < 1.29 is 14.6 Å². The summed E-state index contributed by atoms with van der Waals surface area (Å²) < 4.78 is 5.35. The highest BCUT2D eigenvalue weighted by molar-refractivity contribution is 7.17. The number of aromatic carboxylic acids is 1. The third kappa shape index (κ3) is 4.05. The van der Waals surface area contributed by atoms with E-state index in [1.807, 2.05) is 6.07 Å². The van der Waals surface area contributed by atoms with Crippen LogP contribution in [0.3, 0.4) is 0 Å². The Bertz CT molecular complexity index is 757. The Hall–Kier alpha value is -2.09. The van der Waals surface area contributed by atoms with E-state index < -0.39 is 5.97 Å². The first-order valence-corrected chi connectivity index (χ1v) is 8.57. The van der Waals surface area contributed by atoms with Crippen LogP contribution in [0.5, 0.6) is 0 Å². The summed E-state index contributed by atoms with van der Waals surface area (Å²) in [4.78, 5) is 14.4. The van der Waals surface area contributed by atoms with Gasteiger partial charge in [0.25, 0.3) is 0 Å². The van der Waals surface area contributed by atoms with E-state index >= 15 is 0 Å². The van der Waals surface area contributed by atoms with Crippen molar-refractivity contribution in [1.29, 1.82) is 0 Å². The van der Waals surface area contributed by atoms with Gasteiger partial charge < -0.3 is 14.7 Å². The fourth-order valence-corrected chi connectivity index (χ4v) is 3.42. The highest BCUT2D eigenvalue weighted by Gasteiger charge is 2.12. The average Bonchev–Trinajstić information content (AvgIpc) is 3.06. The van der Waals surface area contributed by atoms with Gasteiger partial charge in [-0.15, -0.1) is 11.3 Å². The number of hydrogen-bond donors (Lipinski definition) is 2. The minimum absolute atomic E-state index is 0.0441. The minimum atomic E-state index is -1.07. The molecule has 0 aliphatic carbocycles. The third-order valence-electron chi connectivity index (χ3n) is 3.52. The molecule has 3 rings (SSSR count). The van der Waals surface area contributed by atoms with Crippen molar-refractivity contribution in [2.24, 2.45) is 5.10 Å². The second-order valence-corrected chi connectivity index (χ2v) is 6.65. The van der Waals surface area contributed by atoms with Crippen molar-refractivity contribution in [2.45, 2.75) is 0 Å². The molecule has 1 aromatic carbocycles. The molecule has 126 valence electrons. The molecule has 1 aliphatic rings. The van der Waals surface area contributed by atoms with Gasteiger partial charge in [-0.05, 0) is 30.3 Å². The second-order valence-electron chi connectivity index (χ2n) is 5.15. The number of ether oxygens (including phenoxy) is 1. The molecule has 6 nitrogen and oxygen atoms in total. The van der Waals surface area contributed by atoms with Crippen molar-refractivity contribution in [2.75, 3.05) is 36.6 Å². The van der Waals surface area contributed by atoms with Gasteiger partial charge >= 0.3 is 5.97 Å². The SMILES string of the molecule is O=C(O)c1cc(NN=Cc2ccc(N3CCOCC3)s2)ccc1Cl. The quantitative estimate of drug-likeness (QED) is 0.627. The van der Waals surface area contributed by atoms with Crippen LogP contribution in [0.2, 0.25) is 5.02 Å². The fourth-order valence-electron chi connectivity index (χ4n) is 2.29. The molecule has 8 heteroatoms. The van der Waals surface area contributed by atoms with Crippen LogP contribution in [-0.4, -0.2) is 43.6 Å². The number of nitrogens with one attached hydrogen (secondary N) is 1. The third-order valence-corrected chi connectivity index (χ3v) is 4.93. The number of morpholine rings is 1. The molecule has 0 atom stereocenters. The number of hydrazone groups is 1. The maximum Gasteiger partial charge on any atom is 0.337 e. The van der Waals surface area contributed by atoms with Gasteiger partial charge in [0.2, 0.25) is 0 Å². The van der Waals surface area contributed by atoms with E-state index in [9.17, 15) is 4.79 Å². The molecular weight excluding hydrogens is 350 g/mol. The molecule has 2 N–H and O–H groups in total. The topological polar surface area (TPSA) is 74.2 Å². The maximum atomic E-state index is 11.1. The number of nitrogens with zero attached hydrogens (tertiary/aromatic N) is 2. The number of thiophene rings is 1. The number of carboxylic acid groups (broad SMARTS) is 1. The molecule has 0 spiro atoms. The largest absolute Gasteiger partial charge is 0.478 e. The fraction of sp³-hybridized carbons (Fsp3) is 0.250. The Morgan fingerprint density at radius 2 is 2.12 bits per heavy atom. The molecular formula is C16H16ClN3O3S. The Morgan fingerprint density at radius 3 is 2.88 bits per heavy atom. The molecule has 0 bridgehead atoms. The van der Waals surface area contributed by atoms with Gasteiger partial charge in [0.1, 0.15) is 0 Å². The van der Waals surface area contributed by atoms with Gasteiger partial charge in [0.15, 0.2) is 0 Å². The van der Waals surface area contributed by atoms with Gasteiger partial charge in [-0.25, -0.2) is 4.79 Å². The molecule has 1 aliphatic heterocycles. The van der Waals surface area contributed by atoms with E-state index in [-0.39, 0.29) is 10.6 Å². The number of carboxylic acids is 1. The highest BCUT2D eigenvalue weighted by atomic mass is 35.5. The van der Waals surface area contributed by atoms with Gasteiger partial charge in [0.05, 0.1) is 40.7 Å². The first kappa shape index (κ1) is 16.8. The van der Waals surface area contributed by atoms with E-state index in [0.717, 1.165) is 31.2 Å². The molecule has 1 fully saturated rings. The van der Waals surface area contributed by atoms with Crippen molar-refractivity contribution in [3.8, 4) is 0 Å². The van der Waals surface area contributed by atoms with Crippen LogP contribution in [0.4, 0.5) is 10.7 Å². The molecule has 2 aromatic rings. The zero-order valence-corrected chi connectivity index (χ0v) is 14.3. The molecule has 1 saturated heterocycles. The summed E-state index contributed by atoms with van der Waals surface area (Å²) in [5, 5.41) is 14.6. The molecule has 0 amide bonds. The van der Waals surface area contributed by atoms with Crippen LogP contribution >= 0.6 is 22.9 Å². The first-order valence-electron chi connectivity index (χ1n) is 7.38. The summed E-state index contributed by atoms with van der Waals surface area (Å²) in [5.74, 6) is -1.07. The average molecular weight is 366 g/mol. The number of anilines is 2. The predicted octanol–water partition coefficient (Wildman–Crippen LogP) is 3.38. The lowest BCUT2D eigenvalue weighted by Crippen LogP contribution is -2.35. The van der Waals surface area contributed by atoms with Crippen molar-refractivity contribution >= 4 is 45.8 Å². The normalized spacial score (nSPS) is 15.0. The van der Waals surface area contributed by atoms with E-state index in [1.165, 1.54) is 17.1 Å². The number of benzene rings is 1. The predicted molar refractivity (Wildman–Crippen MR) is 97.0 cm³/mol. The summed E-state index contributed by atoms with van der Waals surface area (Å²) in [6.07, 6.45) is 1.71. The van der Waals surface area contributed by atoms with Crippen molar-refractivity contribution in [1.82, 2.24) is 0 Å². The van der Waals surface area contributed by atoms with Crippen LogP contribution in [0.15, 0.2) is 35.4 Å². The smallest absolute Gasteiger partial charge is 0.337 e. The molecule has 1 aromatic heterocycles. The summed E-state index contributed by atoms with van der Waals surface area (Å²) in [5.41, 5.74) is 3.44. The molecule has 0 radical (unpaired) electrons.